The Kier molecular flexibility index (Phi) is 8.48. The number of aromatic nitrogens is 1. The van der Waals surface area contributed by atoms with Gasteiger partial charge in [0.15, 0.2) is 0 Å². The van der Waals surface area contributed by atoms with E-state index in [0.717, 1.165) is 32.2 Å². The van der Waals surface area contributed by atoms with Crippen molar-refractivity contribution in [3.63, 3.8) is 0 Å². The van der Waals surface area contributed by atoms with Crippen molar-refractivity contribution in [3.8, 4) is 5.88 Å². The number of hydrogen-bond donors (Lipinski definition) is 2. The van der Waals surface area contributed by atoms with Gasteiger partial charge in [-0.15, -0.1) is 12.4 Å². The highest BCUT2D eigenvalue weighted by atomic mass is 35.5. The molecule has 0 saturated carbocycles. The van der Waals surface area contributed by atoms with Crippen LogP contribution in [0, 0.1) is 11.7 Å². The summed E-state index contributed by atoms with van der Waals surface area (Å²) in [5.41, 5.74) is 0.803. The fourth-order valence-corrected chi connectivity index (χ4v) is 3.99. The Balaban J connectivity index is 0.00000320. The number of esters is 1. The second kappa shape index (κ2) is 10.4. The standard InChI is InChI=1S/C19H26FN3O5S.ClH/c1-27-18-17(15-11-14(20)3-4-16(15)22-18)19(24)28-12-13-5-8-23(9-6-13)10-7-21-29(2,25)26;/h3-4,11,13,21-22H,5-10,12H2,1-2H3;1H. The quantitative estimate of drug-likeness (QED) is 0.582. The summed E-state index contributed by atoms with van der Waals surface area (Å²) < 4.78 is 49.0. The number of sulfonamides is 1. The fraction of sp³-hybridized carbons (Fsp3) is 0.526. The molecule has 8 nitrogen and oxygen atoms in total. The molecule has 2 N–H and O–H groups in total. The topological polar surface area (TPSA) is 101 Å². The molecule has 1 aliphatic heterocycles. The van der Waals surface area contributed by atoms with Gasteiger partial charge in [-0.25, -0.2) is 22.3 Å². The van der Waals surface area contributed by atoms with Crippen molar-refractivity contribution >= 4 is 39.3 Å². The summed E-state index contributed by atoms with van der Waals surface area (Å²) in [5, 5.41) is 0.431. The number of rotatable bonds is 8. The number of ether oxygens (including phenoxy) is 2. The molecule has 30 heavy (non-hydrogen) atoms. The average molecular weight is 464 g/mol. The molecule has 1 fully saturated rings. The number of aromatic amines is 1. The van der Waals surface area contributed by atoms with Crippen LogP contribution in [0.15, 0.2) is 18.2 Å². The van der Waals surface area contributed by atoms with Gasteiger partial charge in [-0.2, -0.15) is 0 Å². The molecule has 0 bridgehead atoms. The number of nitrogens with one attached hydrogen (secondary N) is 2. The number of benzene rings is 1. The number of nitrogens with zero attached hydrogens (tertiary/aromatic N) is 1. The summed E-state index contributed by atoms with van der Waals surface area (Å²) in [7, 11) is -1.73. The summed E-state index contributed by atoms with van der Waals surface area (Å²) >= 11 is 0. The lowest BCUT2D eigenvalue weighted by atomic mass is 9.98. The summed E-state index contributed by atoms with van der Waals surface area (Å²) in [6, 6.07) is 4.15. The van der Waals surface area contributed by atoms with E-state index in [9.17, 15) is 17.6 Å². The predicted molar refractivity (Wildman–Crippen MR) is 114 cm³/mol. The minimum Gasteiger partial charge on any atom is -0.482 e. The molecule has 1 saturated heterocycles. The van der Waals surface area contributed by atoms with E-state index in [1.165, 1.54) is 19.2 Å². The molecule has 0 spiro atoms. The molecule has 3 rings (SSSR count). The van der Waals surface area contributed by atoms with Gasteiger partial charge in [0.2, 0.25) is 15.9 Å². The molecule has 0 amide bonds. The monoisotopic (exact) mass is 463 g/mol. The van der Waals surface area contributed by atoms with Crippen molar-refractivity contribution in [2.75, 3.05) is 46.2 Å². The molecular weight excluding hydrogens is 437 g/mol. The Bertz CT molecular complexity index is 974. The molecule has 0 unspecified atom stereocenters. The number of likely N-dealkylation sites (tertiary alicyclic amines) is 1. The normalized spacial score (nSPS) is 15.7. The molecule has 0 aliphatic carbocycles. The first-order valence-corrected chi connectivity index (χ1v) is 11.4. The Morgan fingerprint density at radius 2 is 2.03 bits per heavy atom. The molecule has 168 valence electrons. The van der Waals surface area contributed by atoms with Gasteiger partial charge in [0.25, 0.3) is 0 Å². The summed E-state index contributed by atoms with van der Waals surface area (Å²) in [6.07, 6.45) is 2.85. The number of piperidine rings is 1. The molecule has 0 radical (unpaired) electrons. The van der Waals surface area contributed by atoms with Gasteiger partial charge in [-0.1, -0.05) is 0 Å². The van der Waals surface area contributed by atoms with Crippen LogP contribution in [0.4, 0.5) is 4.39 Å². The highest BCUT2D eigenvalue weighted by molar-refractivity contribution is 7.88. The molecule has 2 aromatic rings. The molecule has 1 aliphatic rings. The van der Waals surface area contributed by atoms with E-state index in [-0.39, 0.29) is 36.4 Å². The third-order valence-corrected chi connectivity index (χ3v) is 5.81. The minimum atomic E-state index is -3.17. The van der Waals surface area contributed by atoms with Gasteiger partial charge in [-0.05, 0) is 50.0 Å². The van der Waals surface area contributed by atoms with E-state index >= 15 is 0 Å². The van der Waals surface area contributed by atoms with Crippen LogP contribution in [-0.4, -0.2) is 70.4 Å². The number of carbonyl (C=O) groups is 1. The second-order valence-electron chi connectivity index (χ2n) is 7.27. The molecule has 11 heteroatoms. The number of methoxy groups -OCH3 is 1. The van der Waals surface area contributed by atoms with E-state index in [0.29, 0.717) is 24.0 Å². The Morgan fingerprint density at radius 3 is 2.67 bits per heavy atom. The van der Waals surface area contributed by atoms with Crippen molar-refractivity contribution in [1.82, 2.24) is 14.6 Å². The maximum Gasteiger partial charge on any atom is 0.344 e. The van der Waals surface area contributed by atoms with E-state index in [4.69, 9.17) is 9.47 Å². The number of fused-ring (bicyclic) bond motifs is 1. The third kappa shape index (κ3) is 6.31. The highest BCUT2D eigenvalue weighted by Crippen LogP contribution is 2.29. The van der Waals surface area contributed by atoms with E-state index in [1.807, 2.05) is 0 Å². The average Bonchev–Trinajstić information content (AvgIpc) is 3.04. The first-order valence-electron chi connectivity index (χ1n) is 9.46. The Morgan fingerprint density at radius 1 is 1.33 bits per heavy atom. The van der Waals surface area contributed by atoms with E-state index in [2.05, 4.69) is 14.6 Å². The Labute approximate surface area is 181 Å². The van der Waals surface area contributed by atoms with E-state index < -0.39 is 21.8 Å². The van der Waals surface area contributed by atoms with Crippen LogP contribution in [0.3, 0.4) is 0 Å². The molecule has 0 atom stereocenters. The summed E-state index contributed by atoms with van der Waals surface area (Å²) in [5.74, 6) is -0.501. The van der Waals surface area contributed by atoms with Crippen molar-refractivity contribution < 1.29 is 27.1 Å². The van der Waals surface area contributed by atoms with Crippen molar-refractivity contribution in [1.29, 1.82) is 0 Å². The first-order chi connectivity index (χ1) is 13.8. The lowest BCUT2D eigenvalue weighted by Gasteiger charge is -2.31. The third-order valence-electron chi connectivity index (χ3n) is 5.08. The largest absolute Gasteiger partial charge is 0.482 e. The van der Waals surface area contributed by atoms with Crippen LogP contribution in [0.1, 0.15) is 23.2 Å². The zero-order chi connectivity index (χ0) is 21.0. The van der Waals surface area contributed by atoms with Crippen LogP contribution in [0.2, 0.25) is 0 Å². The molecule has 2 heterocycles. The SMILES string of the molecule is COc1[nH]c2ccc(F)cc2c1C(=O)OCC1CCN(CCNS(C)(=O)=O)CC1.Cl. The van der Waals surface area contributed by atoms with Crippen molar-refractivity contribution in [3.05, 3.63) is 29.6 Å². The second-order valence-corrected chi connectivity index (χ2v) is 9.11. The van der Waals surface area contributed by atoms with Gasteiger partial charge in [0.1, 0.15) is 11.4 Å². The van der Waals surface area contributed by atoms with E-state index in [1.54, 1.807) is 6.07 Å². The van der Waals surface area contributed by atoms with Crippen molar-refractivity contribution in [2.45, 2.75) is 12.8 Å². The number of hydrogen-bond acceptors (Lipinski definition) is 6. The maximum absolute atomic E-state index is 13.6. The van der Waals surface area contributed by atoms with Crippen LogP contribution in [0.5, 0.6) is 5.88 Å². The van der Waals surface area contributed by atoms with Gasteiger partial charge in [-0.3, -0.25) is 0 Å². The lowest BCUT2D eigenvalue weighted by molar-refractivity contribution is 0.0373. The van der Waals surface area contributed by atoms with Crippen LogP contribution >= 0.6 is 12.4 Å². The molecule has 1 aromatic carbocycles. The molecular formula is C19H27ClFN3O5S. The highest BCUT2D eigenvalue weighted by Gasteiger charge is 2.24. The van der Waals surface area contributed by atoms with Gasteiger partial charge >= 0.3 is 5.97 Å². The zero-order valence-corrected chi connectivity index (χ0v) is 18.6. The Hall–Kier alpha value is -1.88. The number of halogens is 2. The smallest absolute Gasteiger partial charge is 0.344 e. The maximum atomic E-state index is 13.6. The molecule has 1 aromatic heterocycles. The van der Waals surface area contributed by atoms with Crippen molar-refractivity contribution in [2.24, 2.45) is 5.92 Å². The van der Waals surface area contributed by atoms with Gasteiger partial charge in [0.05, 0.1) is 20.0 Å². The van der Waals surface area contributed by atoms with Gasteiger partial charge in [0, 0.05) is 24.0 Å². The fourth-order valence-electron chi connectivity index (χ4n) is 3.53. The van der Waals surface area contributed by atoms with Gasteiger partial charge < -0.3 is 19.4 Å². The number of H-pyrrole nitrogens is 1. The van der Waals surface area contributed by atoms with Crippen LogP contribution in [0.25, 0.3) is 10.9 Å². The number of carbonyl (C=O) groups excluding carboxylic acids is 1. The summed E-state index contributed by atoms with van der Waals surface area (Å²) in [6.45, 7) is 2.94. The minimum absolute atomic E-state index is 0. The summed E-state index contributed by atoms with van der Waals surface area (Å²) in [4.78, 5) is 17.8. The van der Waals surface area contributed by atoms with Crippen LogP contribution in [-0.2, 0) is 14.8 Å². The predicted octanol–water partition coefficient (Wildman–Crippen LogP) is 2.16. The first kappa shape index (κ1) is 24.4. The lowest BCUT2D eigenvalue weighted by Crippen LogP contribution is -2.40. The zero-order valence-electron chi connectivity index (χ0n) is 16.9. The van der Waals surface area contributed by atoms with Crippen LogP contribution < -0.4 is 9.46 Å².